The zero-order valence-electron chi connectivity index (χ0n) is 42.1. The van der Waals surface area contributed by atoms with Crippen molar-refractivity contribution < 1.29 is 28.6 Å². The number of esters is 3. The molecule has 0 rings (SSSR count). The van der Waals surface area contributed by atoms with Crippen LogP contribution in [0.3, 0.4) is 0 Å². The van der Waals surface area contributed by atoms with E-state index in [2.05, 4.69) is 57.2 Å². The Labute approximate surface area is 391 Å². The minimum absolute atomic E-state index is 0.0749. The third-order valence-electron chi connectivity index (χ3n) is 12.1. The highest BCUT2D eigenvalue weighted by molar-refractivity contribution is 5.71. The van der Waals surface area contributed by atoms with Crippen LogP contribution in [0.15, 0.2) is 36.5 Å². The Morgan fingerprint density at radius 2 is 0.603 bits per heavy atom. The van der Waals surface area contributed by atoms with Crippen molar-refractivity contribution >= 4 is 17.9 Å². The molecule has 63 heavy (non-hydrogen) atoms. The van der Waals surface area contributed by atoms with Gasteiger partial charge in [0.05, 0.1) is 0 Å². The highest BCUT2D eigenvalue weighted by Crippen LogP contribution is 2.16. The van der Waals surface area contributed by atoms with Gasteiger partial charge in [-0.3, -0.25) is 14.4 Å². The van der Waals surface area contributed by atoms with Crippen LogP contribution >= 0.6 is 0 Å². The second-order valence-electron chi connectivity index (χ2n) is 18.5. The maximum atomic E-state index is 12.8. The molecule has 1 unspecified atom stereocenters. The van der Waals surface area contributed by atoms with E-state index in [4.69, 9.17) is 14.2 Å². The van der Waals surface area contributed by atoms with Crippen LogP contribution < -0.4 is 0 Å². The van der Waals surface area contributed by atoms with Crippen LogP contribution in [-0.2, 0) is 28.6 Å². The Kier molecular flexibility index (Phi) is 50.3. The first-order valence-corrected chi connectivity index (χ1v) is 27.5. The Morgan fingerprint density at radius 3 is 0.984 bits per heavy atom. The summed E-state index contributed by atoms with van der Waals surface area (Å²) in [7, 11) is 0. The first-order valence-electron chi connectivity index (χ1n) is 27.5. The summed E-state index contributed by atoms with van der Waals surface area (Å²) >= 11 is 0. The Hall–Kier alpha value is -2.37. The predicted molar refractivity (Wildman–Crippen MR) is 270 cm³/mol. The van der Waals surface area contributed by atoms with Gasteiger partial charge in [-0.05, 0) is 70.6 Å². The molecule has 0 saturated carbocycles. The molecule has 0 spiro atoms. The Morgan fingerprint density at radius 1 is 0.317 bits per heavy atom. The maximum Gasteiger partial charge on any atom is 0.306 e. The molecule has 1 atom stereocenters. The van der Waals surface area contributed by atoms with Crippen molar-refractivity contribution in [3.05, 3.63) is 36.5 Å². The fourth-order valence-electron chi connectivity index (χ4n) is 7.95. The van der Waals surface area contributed by atoms with Gasteiger partial charge in [0.1, 0.15) is 13.2 Å². The van der Waals surface area contributed by atoms with Gasteiger partial charge in [0, 0.05) is 19.3 Å². The lowest BCUT2D eigenvalue weighted by atomic mass is 10.0. The van der Waals surface area contributed by atoms with Crippen LogP contribution in [0.4, 0.5) is 0 Å². The van der Waals surface area contributed by atoms with Gasteiger partial charge in [0.25, 0.3) is 0 Å². The number of allylic oxidation sites excluding steroid dienone is 6. The zero-order chi connectivity index (χ0) is 45.8. The second-order valence-corrected chi connectivity index (χ2v) is 18.5. The van der Waals surface area contributed by atoms with Gasteiger partial charge >= 0.3 is 17.9 Å². The smallest absolute Gasteiger partial charge is 0.306 e. The minimum Gasteiger partial charge on any atom is -0.462 e. The summed E-state index contributed by atoms with van der Waals surface area (Å²) in [6.07, 6.45) is 61.3. The van der Waals surface area contributed by atoms with Gasteiger partial charge in [-0.25, -0.2) is 0 Å². The minimum atomic E-state index is -0.776. The standard InChI is InChI=1S/C57H104O6/c1-4-7-10-13-16-19-22-24-26-28-30-31-33-35-38-41-44-47-50-56(59)62-53-54(52-61-55(58)49-46-43-40-37-21-18-15-12-9-6-3)63-57(60)51-48-45-42-39-36-34-32-29-27-25-23-20-17-14-11-8-5-2/h12,15,17,20,25,27,54H,4-11,13-14,16,18-19,21-24,26,28-53H2,1-3H3/b15-12-,20-17-,27-25-. The first kappa shape index (κ1) is 60.6. The molecule has 0 aliphatic carbocycles. The van der Waals surface area contributed by atoms with Crippen molar-refractivity contribution in [1.82, 2.24) is 0 Å². The largest absolute Gasteiger partial charge is 0.462 e. The fraction of sp³-hybridized carbons (Fsp3) is 0.842. The van der Waals surface area contributed by atoms with E-state index in [0.717, 1.165) is 83.5 Å². The predicted octanol–water partition coefficient (Wildman–Crippen LogP) is 18.1. The number of carbonyl (C=O) groups excluding carboxylic acids is 3. The van der Waals surface area contributed by atoms with Crippen molar-refractivity contribution in [2.24, 2.45) is 0 Å². The lowest BCUT2D eigenvalue weighted by molar-refractivity contribution is -0.167. The number of ether oxygens (including phenoxy) is 3. The van der Waals surface area contributed by atoms with E-state index in [1.165, 1.54) is 167 Å². The van der Waals surface area contributed by atoms with Crippen LogP contribution in [0.1, 0.15) is 290 Å². The molecule has 0 aromatic rings. The number of hydrogen-bond donors (Lipinski definition) is 0. The van der Waals surface area contributed by atoms with Gasteiger partial charge in [-0.1, -0.05) is 237 Å². The molecule has 0 saturated heterocycles. The van der Waals surface area contributed by atoms with Gasteiger partial charge in [-0.15, -0.1) is 0 Å². The molecule has 0 heterocycles. The van der Waals surface area contributed by atoms with Gasteiger partial charge in [0.2, 0.25) is 0 Å². The molecular formula is C57H104O6. The second kappa shape index (κ2) is 52.3. The van der Waals surface area contributed by atoms with E-state index in [-0.39, 0.29) is 31.1 Å². The lowest BCUT2D eigenvalue weighted by Crippen LogP contribution is -2.30. The summed E-state index contributed by atoms with van der Waals surface area (Å²) in [5, 5.41) is 0. The third-order valence-corrected chi connectivity index (χ3v) is 12.1. The molecule has 368 valence electrons. The van der Waals surface area contributed by atoms with Crippen LogP contribution in [0.2, 0.25) is 0 Å². The molecule has 0 N–H and O–H groups in total. The van der Waals surface area contributed by atoms with Crippen LogP contribution in [0, 0.1) is 0 Å². The van der Waals surface area contributed by atoms with E-state index in [1.807, 2.05) is 0 Å². The number of carbonyl (C=O) groups is 3. The molecule has 0 amide bonds. The van der Waals surface area contributed by atoms with Crippen molar-refractivity contribution in [2.75, 3.05) is 13.2 Å². The average molecular weight is 885 g/mol. The fourth-order valence-corrected chi connectivity index (χ4v) is 7.95. The summed E-state index contributed by atoms with van der Waals surface area (Å²) in [5.41, 5.74) is 0. The zero-order valence-corrected chi connectivity index (χ0v) is 42.1. The highest BCUT2D eigenvalue weighted by Gasteiger charge is 2.19. The highest BCUT2D eigenvalue weighted by atomic mass is 16.6. The molecule has 0 fully saturated rings. The summed E-state index contributed by atoms with van der Waals surface area (Å²) in [6.45, 7) is 6.57. The molecule has 6 heteroatoms. The molecule has 0 aromatic heterocycles. The topological polar surface area (TPSA) is 78.9 Å². The summed E-state index contributed by atoms with van der Waals surface area (Å²) in [5.74, 6) is -0.881. The first-order chi connectivity index (χ1) is 31.0. The van der Waals surface area contributed by atoms with Crippen molar-refractivity contribution in [3.8, 4) is 0 Å². The molecule has 0 aliphatic rings. The summed E-state index contributed by atoms with van der Waals surface area (Å²) < 4.78 is 16.8. The maximum absolute atomic E-state index is 12.8. The quantitative estimate of drug-likeness (QED) is 0.0262. The molecule has 0 aliphatic heterocycles. The SMILES string of the molecule is CCC/C=C\CCCCCCCC(=O)OCC(COC(=O)CCCCCCCCCCCCCCCCCCCC)OC(=O)CCCCCCCCC/C=C\C/C=C\CCCCC. The Balaban J connectivity index is 4.30. The summed E-state index contributed by atoms with van der Waals surface area (Å²) in [6, 6.07) is 0. The Bertz CT molecular complexity index is 1060. The molecule has 0 aromatic carbocycles. The van der Waals surface area contributed by atoms with Gasteiger partial charge < -0.3 is 14.2 Å². The van der Waals surface area contributed by atoms with Crippen molar-refractivity contribution in [1.29, 1.82) is 0 Å². The number of hydrogen-bond acceptors (Lipinski definition) is 6. The van der Waals surface area contributed by atoms with Crippen LogP contribution in [-0.4, -0.2) is 37.2 Å². The average Bonchev–Trinajstić information content (AvgIpc) is 3.28. The van der Waals surface area contributed by atoms with E-state index in [1.54, 1.807) is 0 Å². The molecular weight excluding hydrogens is 781 g/mol. The molecule has 0 bridgehead atoms. The van der Waals surface area contributed by atoms with E-state index >= 15 is 0 Å². The number of unbranched alkanes of at least 4 members (excludes halogenated alkanes) is 33. The van der Waals surface area contributed by atoms with E-state index in [9.17, 15) is 14.4 Å². The summed E-state index contributed by atoms with van der Waals surface area (Å²) in [4.78, 5) is 38.0. The van der Waals surface area contributed by atoms with E-state index < -0.39 is 6.10 Å². The third kappa shape index (κ3) is 50.5. The monoisotopic (exact) mass is 885 g/mol. The van der Waals surface area contributed by atoms with Crippen molar-refractivity contribution in [3.63, 3.8) is 0 Å². The van der Waals surface area contributed by atoms with Gasteiger partial charge in [0.15, 0.2) is 6.10 Å². The van der Waals surface area contributed by atoms with Crippen LogP contribution in [0.25, 0.3) is 0 Å². The lowest BCUT2D eigenvalue weighted by Gasteiger charge is -2.18. The molecule has 0 radical (unpaired) electrons. The molecule has 6 nitrogen and oxygen atoms in total. The van der Waals surface area contributed by atoms with Crippen molar-refractivity contribution in [2.45, 2.75) is 297 Å². The number of rotatable bonds is 50. The normalized spacial score (nSPS) is 12.2. The van der Waals surface area contributed by atoms with Gasteiger partial charge in [-0.2, -0.15) is 0 Å². The van der Waals surface area contributed by atoms with E-state index in [0.29, 0.717) is 19.3 Å². The van der Waals surface area contributed by atoms with Crippen LogP contribution in [0.5, 0.6) is 0 Å².